The van der Waals surface area contributed by atoms with Crippen molar-refractivity contribution in [1.29, 1.82) is 0 Å². The second kappa shape index (κ2) is 3.72. The van der Waals surface area contributed by atoms with Crippen molar-refractivity contribution >= 4 is 10.1 Å². The second-order valence-corrected chi connectivity index (χ2v) is 5.25. The Morgan fingerprint density at radius 2 is 1.92 bits per heavy atom. The molecule has 0 spiro atoms. The Bertz CT molecular complexity index is 235. The number of nitrogens with two attached hydrogens (primary N) is 1. The number of hydrogen-bond donors (Lipinski definition) is 2. The molecule has 1 atom stereocenters. The van der Waals surface area contributed by atoms with E-state index in [9.17, 15) is 8.42 Å². The molecule has 3 N–H and O–H groups in total. The van der Waals surface area contributed by atoms with Gasteiger partial charge in [0.25, 0.3) is 10.1 Å². The van der Waals surface area contributed by atoms with Crippen LogP contribution in [0.4, 0.5) is 0 Å². The molecule has 4 nitrogen and oxygen atoms in total. The van der Waals surface area contributed by atoms with E-state index >= 15 is 0 Å². The molecule has 0 radical (unpaired) electrons. The highest BCUT2D eigenvalue weighted by Crippen LogP contribution is 2.22. The quantitative estimate of drug-likeness (QED) is 0.655. The molecular weight excluding hydrogens is 178 g/mol. The molecule has 0 rings (SSSR count). The topological polar surface area (TPSA) is 80.4 Å². The van der Waals surface area contributed by atoms with E-state index < -0.39 is 15.0 Å². The second-order valence-electron chi connectivity index (χ2n) is 3.49. The van der Waals surface area contributed by atoms with Gasteiger partial charge < -0.3 is 5.73 Å². The van der Waals surface area contributed by atoms with Gasteiger partial charge in [-0.15, -0.1) is 0 Å². The van der Waals surface area contributed by atoms with Gasteiger partial charge in [0, 0.05) is 0 Å². The summed E-state index contributed by atoms with van der Waals surface area (Å²) in [5.74, 6) is 0.150. The predicted molar refractivity (Wildman–Crippen MR) is 48.2 cm³/mol. The Morgan fingerprint density at radius 1 is 1.50 bits per heavy atom. The van der Waals surface area contributed by atoms with Gasteiger partial charge in [-0.3, -0.25) is 4.55 Å². The summed E-state index contributed by atoms with van der Waals surface area (Å²) in [7, 11) is -4.13. The molecule has 0 heterocycles. The van der Waals surface area contributed by atoms with Crippen molar-refractivity contribution < 1.29 is 13.0 Å². The first-order valence-electron chi connectivity index (χ1n) is 3.99. The lowest BCUT2D eigenvalue weighted by molar-refractivity contribution is 0.371. The molecule has 0 aliphatic heterocycles. The molecule has 0 aromatic heterocycles. The Hall–Kier alpha value is -0.130. The third-order valence-corrected chi connectivity index (χ3v) is 3.35. The van der Waals surface area contributed by atoms with Crippen LogP contribution in [0.25, 0.3) is 0 Å². The van der Waals surface area contributed by atoms with Gasteiger partial charge in [-0.1, -0.05) is 20.8 Å². The lowest BCUT2D eigenvalue weighted by Gasteiger charge is -2.26. The molecule has 5 heteroatoms. The maximum atomic E-state index is 10.9. The van der Waals surface area contributed by atoms with E-state index in [0.717, 1.165) is 0 Å². The van der Waals surface area contributed by atoms with Gasteiger partial charge in [-0.25, -0.2) is 0 Å². The summed E-state index contributed by atoms with van der Waals surface area (Å²) >= 11 is 0. The maximum Gasteiger partial charge on any atom is 0.283 e. The van der Waals surface area contributed by atoms with Gasteiger partial charge in [0.15, 0.2) is 0 Å². The van der Waals surface area contributed by atoms with Gasteiger partial charge in [-0.2, -0.15) is 8.42 Å². The van der Waals surface area contributed by atoms with Gasteiger partial charge in [0.05, 0.1) is 0 Å². The average molecular weight is 195 g/mol. The van der Waals surface area contributed by atoms with Crippen LogP contribution in [-0.2, 0) is 10.1 Å². The van der Waals surface area contributed by atoms with Crippen LogP contribution >= 0.6 is 0 Å². The summed E-state index contributed by atoms with van der Waals surface area (Å²) in [5, 5.41) is 0. The minimum atomic E-state index is -4.13. The van der Waals surface area contributed by atoms with Crippen LogP contribution < -0.4 is 5.73 Å². The fourth-order valence-electron chi connectivity index (χ4n) is 1.12. The van der Waals surface area contributed by atoms with Crippen LogP contribution in [-0.4, -0.2) is 17.8 Å². The molecule has 1 unspecified atom stereocenters. The van der Waals surface area contributed by atoms with Crippen molar-refractivity contribution in [1.82, 2.24) is 0 Å². The predicted octanol–water partition coefficient (Wildman–Crippen LogP) is 0.985. The number of hydrogen-bond acceptors (Lipinski definition) is 3. The van der Waals surface area contributed by atoms with E-state index in [1.165, 1.54) is 0 Å². The van der Waals surface area contributed by atoms with E-state index in [2.05, 4.69) is 0 Å². The minimum Gasteiger partial charge on any atom is -0.311 e. The zero-order chi connectivity index (χ0) is 9.99. The SMILES string of the molecule is CCC(N)(CC(C)C)S(=O)(=O)O. The molecule has 0 fully saturated rings. The van der Waals surface area contributed by atoms with Crippen molar-refractivity contribution in [3.63, 3.8) is 0 Å². The zero-order valence-electron chi connectivity index (χ0n) is 7.74. The first kappa shape index (κ1) is 11.9. The Labute approximate surface area is 73.9 Å². The first-order valence-corrected chi connectivity index (χ1v) is 5.43. The van der Waals surface area contributed by atoms with E-state index in [-0.39, 0.29) is 18.8 Å². The van der Waals surface area contributed by atoms with Crippen molar-refractivity contribution in [2.24, 2.45) is 11.7 Å². The molecule has 0 saturated heterocycles. The lowest BCUT2D eigenvalue weighted by atomic mass is 10.0. The van der Waals surface area contributed by atoms with E-state index in [0.29, 0.717) is 0 Å². The van der Waals surface area contributed by atoms with Crippen LogP contribution in [0, 0.1) is 5.92 Å². The third kappa shape index (κ3) is 2.73. The summed E-state index contributed by atoms with van der Waals surface area (Å²) in [6, 6.07) is 0. The summed E-state index contributed by atoms with van der Waals surface area (Å²) in [6.45, 7) is 5.38. The van der Waals surface area contributed by atoms with Crippen molar-refractivity contribution in [2.75, 3.05) is 0 Å². The van der Waals surface area contributed by atoms with Crippen LogP contribution in [0.2, 0.25) is 0 Å². The summed E-state index contributed by atoms with van der Waals surface area (Å²) < 4.78 is 30.5. The maximum absolute atomic E-state index is 10.9. The van der Waals surface area contributed by atoms with Crippen LogP contribution in [0.5, 0.6) is 0 Å². The summed E-state index contributed by atoms with van der Waals surface area (Å²) in [5.41, 5.74) is 5.54. The van der Waals surface area contributed by atoms with E-state index in [1.54, 1.807) is 6.92 Å². The zero-order valence-corrected chi connectivity index (χ0v) is 8.56. The van der Waals surface area contributed by atoms with Gasteiger partial charge in [-0.05, 0) is 18.8 Å². The highest BCUT2D eigenvalue weighted by atomic mass is 32.2. The largest absolute Gasteiger partial charge is 0.311 e. The van der Waals surface area contributed by atoms with Gasteiger partial charge >= 0.3 is 0 Å². The molecule has 74 valence electrons. The Morgan fingerprint density at radius 3 is 2.00 bits per heavy atom. The molecular formula is C7H17NO3S. The molecule has 0 bridgehead atoms. The van der Waals surface area contributed by atoms with Crippen LogP contribution in [0.1, 0.15) is 33.6 Å². The standard InChI is InChI=1S/C7H17NO3S/c1-4-7(8,5-6(2)3)12(9,10)11/h6H,4-5,8H2,1-3H3,(H,9,10,11). The van der Waals surface area contributed by atoms with Crippen LogP contribution in [0.15, 0.2) is 0 Å². The molecule has 0 aliphatic rings. The number of rotatable bonds is 4. The fourth-order valence-corrected chi connectivity index (χ4v) is 2.03. The monoisotopic (exact) mass is 195 g/mol. The molecule has 0 aromatic rings. The van der Waals surface area contributed by atoms with Crippen molar-refractivity contribution in [2.45, 2.75) is 38.5 Å². The Kier molecular flexibility index (Phi) is 3.68. The molecule has 0 aromatic carbocycles. The highest BCUT2D eigenvalue weighted by Gasteiger charge is 2.37. The normalized spacial score (nSPS) is 17.8. The summed E-state index contributed by atoms with van der Waals surface area (Å²) in [6.07, 6.45) is 0.506. The van der Waals surface area contributed by atoms with Gasteiger partial charge in [0.1, 0.15) is 4.87 Å². The smallest absolute Gasteiger partial charge is 0.283 e. The first-order chi connectivity index (χ1) is 5.23. The average Bonchev–Trinajstić information content (AvgIpc) is 1.83. The summed E-state index contributed by atoms with van der Waals surface area (Å²) in [4.78, 5) is -1.47. The molecule has 0 aliphatic carbocycles. The fraction of sp³-hybridized carbons (Fsp3) is 1.00. The molecule has 0 amide bonds. The van der Waals surface area contributed by atoms with Crippen molar-refractivity contribution in [3.05, 3.63) is 0 Å². The van der Waals surface area contributed by atoms with Crippen molar-refractivity contribution in [3.8, 4) is 0 Å². The molecule has 0 saturated carbocycles. The van der Waals surface area contributed by atoms with Gasteiger partial charge in [0.2, 0.25) is 0 Å². The minimum absolute atomic E-state index is 0.150. The third-order valence-electron chi connectivity index (χ3n) is 1.87. The van der Waals surface area contributed by atoms with Crippen LogP contribution in [0.3, 0.4) is 0 Å². The van der Waals surface area contributed by atoms with E-state index in [1.807, 2.05) is 13.8 Å². The molecule has 12 heavy (non-hydrogen) atoms. The highest BCUT2D eigenvalue weighted by molar-refractivity contribution is 7.87. The lowest BCUT2D eigenvalue weighted by Crippen LogP contribution is -2.47. The van der Waals surface area contributed by atoms with E-state index in [4.69, 9.17) is 10.3 Å². The Balaban J connectivity index is 4.70.